The van der Waals surface area contributed by atoms with Gasteiger partial charge in [0, 0.05) is 5.69 Å². The van der Waals surface area contributed by atoms with Crippen LogP contribution in [0.5, 0.6) is 5.75 Å². The molecule has 1 aromatic carbocycles. The van der Waals surface area contributed by atoms with Gasteiger partial charge in [-0.25, -0.2) is 4.79 Å². The van der Waals surface area contributed by atoms with E-state index in [0.29, 0.717) is 17.2 Å². The Kier molecular flexibility index (Phi) is 5.00. The van der Waals surface area contributed by atoms with Crippen LogP contribution in [0.15, 0.2) is 34.7 Å². The molecule has 2 aromatic rings. The molecule has 23 heavy (non-hydrogen) atoms. The molecule has 0 bridgehead atoms. The SMILES string of the molecule is Cc1cc(OCc2ccc(C(=O)O)o2)ccc1NC(=O)CC#N. The number of carbonyl (C=O) groups excluding carboxylic acids is 1. The number of hydrogen-bond acceptors (Lipinski definition) is 5. The predicted molar refractivity (Wildman–Crippen MR) is 80.0 cm³/mol. The van der Waals surface area contributed by atoms with Crippen molar-refractivity contribution in [2.24, 2.45) is 0 Å². The van der Waals surface area contributed by atoms with Gasteiger partial charge in [-0.1, -0.05) is 0 Å². The second-order valence-corrected chi connectivity index (χ2v) is 4.72. The highest BCUT2D eigenvalue weighted by Crippen LogP contribution is 2.22. The lowest BCUT2D eigenvalue weighted by atomic mass is 10.2. The van der Waals surface area contributed by atoms with Crippen molar-refractivity contribution < 1.29 is 23.8 Å². The Balaban J connectivity index is 1.98. The van der Waals surface area contributed by atoms with Crippen molar-refractivity contribution in [2.45, 2.75) is 20.0 Å². The molecule has 0 unspecified atom stereocenters. The molecule has 2 rings (SSSR count). The first-order valence-corrected chi connectivity index (χ1v) is 6.72. The van der Waals surface area contributed by atoms with Gasteiger partial charge in [0.15, 0.2) is 0 Å². The zero-order valence-electron chi connectivity index (χ0n) is 12.3. The van der Waals surface area contributed by atoms with E-state index < -0.39 is 5.97 Å². The molecule has 0 atom stereocenters. The summed E-state index contributed by atoms with van der Waals surface area (Å²) in [6.07, 6.45) is -0.206. The fourth-order valence-electron chi connectivity index (χ4n) is 1.86. The maximum atomic E-state index is 11.4. The lowest BCUT2D eigenvalue weighted by Gasteiger charge is -2.10. The van der Waals surface area contributed by atoms with Crippen LogP contribution in [-0.2, 0) is 11.4 Å². The molecule has 118 valence electrons. The van der Waals surface area contributed by atoms with E-state index in [1.165, 1.54) is 12.1 Å². The summed E-state index contributed by atoms with van der Waals surface area (Å²) in [4.78, 5) is 22.1. The molecule has 0 aliphatic heterocycles. The molecule has 0 aliphatic carbocycles. The standard InChI is InChI=1S/C16H14N2O5/c1-10-8-11(2-4-13(10)18-15(19)6-7-17)22-9-12-3-5-14(23-12)16(20)21/h2-5,8H,6,9H2,1H3,(H,18,19)(H,20,21). The highest BCUT2D eigenvalue weighted by Gasteiger charge is 2.10. The van der Waals surface area contributed by atoms with Crippen LogP contribution < -0.4 is 10.1 Å². The van der Waals surface area contributed by atoms with Gasteiger partial charge in [-0.15, -0.1) is 0 Å². The zero-order chi connectivity index (χ0) is 16.8. The zero-order valence-corrected chi connectivity index (χ0v) is 12.3. The van der Waals surface area contributed by atoms with Crippen LogP contribution in [0.3, 0.4) is 0 Å². The topological polar surface area (TPSA) is 113 Å². The van der Waals surface area contributed by atoms with Gasteiger partial charge in [-0.2, -0.15) is 5.26 Å². The Morgan fingerprint density at radius 1 is 1.35 bits per heavy atom. The van der Waals surface area contributed by atoms with Gasteiger partial charge in [0.1, 0.15) is 24.5 Å². The van der Waals surface area contributed by atoms with Crippen molar-refractivity contribution >= 4 is 17.6 Å². The van der Waals surface area contributed by atoms with E-state index in [1.807, 2.05) is 0 Å². The van der Waals surface area contributed by atoms with Crippen molar-refractivity contribution in [3.05, 3.63) is 47.4 Å². The number of nitrogens with zero attached hydrogens (tertiary/aromatic N) is 1. The molecule has 0 aliphatic rings. The Hall–Kier alpha value is -3.27. The van der Waals surface area contributed by atoms with Crippen LogP contribution in [0.1, 0.15) is 28.3 Å². The molecular formula is C16H14N2O5. The number of amides is 1. The Morgan fingerprint density at radius 2 is 2.13 bits per heavy atom. The van der Waals surface area contributed by atoms with Crippen molar-refractivity contribution in [3.8, 4) is 11.8 Å². The number of anilines is 1. The van der Waals surface area contributed by atoms with Crippen LogP contribution in [-0.4, -0.2) is 17.0 Å². The maximum absolute atomic E-state index is 11.4. The summed E-state index contributed by atoms with van der Waals surface area (Å²) < 4.78 is 10.6. The Morgan fingerprint density at radius 3 is 2.74 bits per heavy atom. The minimum Gasteiger partial charge on any atom is -0.486 e. The molecular weight excluding hydrogens is 300 g/mol. The number of aryl methyl sites for hydroxylation is 1. The summed E-state index contributed by atoms with van der Waals surface area (Å²) >= 11 is 0. The minimum absolute atomic E-state index is 0.0901. The van der Waals surface area contributed by atoms with Gasteiger partial charge in [0.25, 0.3) is 0 Å². The van der Waals surface area contributed by atoms with Crippen molar-refractivity contribution in [1.29, 1.82) is 5.26 Å². The smallest absolute Gasteiger partial charge is 0.371 e. The van der Waals surface area contributed by atoms with Crippen molar-refractivity contribution in [3.63, 3.8) is 0 Å². The molecule has 0 radical (unpaired) electrons. The second-order valence-electron chi connectivity index (χ2n) is 4.72. The van der Waals surface area contributed by atoms with Gasteiger partial charge in [-0.05, 0) is 42.8 Å². The van der Waals surface area contributed by atoms with E-state index in [9.17, 15) is 9.59 Å². The fraction of sp³-hybridized carbons (Fsp3) is 0.188. The van der Waals surface area contributed by atoms with Crippen molar-refractivity contribution in [2.75, 3.05) is 5.32 Å². The number of nitriles is 1. The molecule has 1 amide bonds. The number of aromatic carboxylic acids is 1. The van der Waals surface area contributed by atoms with Gasteiger partial charge in [0.2, 0.25) is 11.7 Å². The van der Waals surface area contributed by atoms with Crippen LogP contribution in [0.25, 0.3) is 0 Å². The van der Waals surface area contributed by atoms with Gasteiger partial charge in [-0.3, -0.25) is 4.79 Å². The molecule has 0 saturated heterocycles. The van der Waals surface area contributed by atoms with E-state index in [2.05, 4.69) is 5.32 Å². The lowest BCUT2D eigenvalue weighted by molar-refractivity contribution is -0.115. The summed E-state index contributed by atoms with van der Waals surface area (Å²) in [5, 5.41) is 19.9. The third kappa shape index (κ3) is 4.35. The first-order chi connectivity index (χ1) is 11.0. The number of carbonyl (C=O) groups is 2. The molecule has 7 nitrogen and oxygen atoms in total. The first-order valence-electron chi connectivity index (χ1n) is 6.72. The summed E-state index contributed by atoms with van der Waals surface area (Å²) in [6, 6.07) is 9.73. The van der Waals surface area contributed by atoms with E-state index in [0.717, 1.165) is 5.56 Å². The van der Waals surface area contributed by atoms with Crippen LogP contribution in [0.4, 0.5) is 5.69 Å². The first kappa shape index (κ1) is 16.1. The van der Waals surface area contributed by atoms with Crippen LogP contribution >= 0.6 is 0 Å². The summed E-state index contributed by atoms with van der Waals surface area (Å²) in [5.74, 6) is -0.707. The minimum atomic E-state index is -1.13. The third-order valence-electron chi connectivity index (χ3n) is 2.97. The summed E-state index contributed by atoms with van der Waals surface area (Å²) in [6.45, 7) is 1.89. The Labute approximate surface area is 132 Å². The lowest BCUT2D eigenvalue weighted by Crippen LogP contribution is -2.11. The maximum Gasteiger partial charge on any atom is 0.371 e. The molecule has 0 spiro atoms. The van der Waals surface area contributed by atoms with E-state index >= 15 is 0 Å². The van der Waals surface area contributed by atoms with Gasteiger partial charge >= 0.3 is 5.97 Å². The number of nitrogens with one attached hydrogen (secondary N) is 1. The monoisotopic (exact) mass is 314 g/mol. The molecule has 0 saturated carbocycles. The van der Waals surface area contributed by atoms with Gasteiger partial charge in [0.05, 0.1) is 6.07 Å². The highest BCUT2D eigenvalue weighted by molar-refractivity contribution is 5.92. The van der Waals surface area contributed by atoms with E-state index in [-0.39, 0.29) is 24.7 Å². The number of furan rings is 1. The normalized spacial score (nSPS) is 9.91. The number of carboxylic acid groups (broad SMARTS) is 1. The van der Waals surface area contributed by atoms with Gasteiger partial charge < -0.3 is 19.6 Å². The quantitative estimate of drug-likeness (QED) is 0.847. The molecule has 2 N–H and O–H groups in total. The van der Waals surface area contributed by atoms with Crippen molar-refractivity contribution in [1.82, 2.24) is 0 Å². The van der Waals surface area contributed by atoms with Crippen LogP contribution in [0, 0.1) is 18.3 Å². The highest BCUT2D eigenvalue weighted by atomic mass is 16.5. The third-order valence-corrected chi connectivity index (χ3v) is 2.97. The molecule has 1 heterocycles. The number of benzene rings is 1. The molecule has 7 heteroatoms. The largest absolute Gasteiger partial charge is 0.486 e. The van der Waals surface area contributed by atoms with Crippen LogP contribution in [0.2, 0.25) is 0 Å². The average molecular weight is 314 g/mol. The summed E-state index contributed by atoms with van der Waals surface area (Å²) in [5.41, 5.74) is 1.38. The predicted octanol–water partition coefficient (Wildman–Crippen LogP) is 2.72. The van der Waals surface area contributed by atoms with E-state index in [4.69, 9.17) is 19.5 Å². The average Bonchev–Trinajstić information content (AvgIpc) is 2.97. The number of ether oxygens (including phenoxy) is 1. The molecule has 1 aromatic heterocycles. The van der Waals surface area contributed by atoms with E-state index in [1.54, 1.807) is 31.2 Å². The number of carboxylic acids is 1. The number of rotatable bonds is 6. The second kappa shape index (κ2) is 7.13. The summed E-state index contributed by atoms with van der Waals surface area (Å²) in [7, 11) is 0. The Bertz CT molecular complexity index is 773. The molecule has 0 fully saturated rings. The number of hydrogen-bond donors (Lipinski definition) is 2. The fourth-order valence-corrected chi connectivity index (χ4v) is 1.86.